The minimum absolute atomic E-state index is 0.0116. The molecule has 0 bridgehead atoms. The fourth-order valence-electron chi connectivity index (χ4n) is 0.530. The van der Waals surface area contributed by atoms with Gasteiger partial charge in [-0.15, -0.1) is 0 Å². The highest BCUT2D eigenvalue weighted by molar-refractivity contribution is 5.84. The summed E-state index contributed by atoms with van der Waals surface area (Å²) < 4.78 is 4.71. The molecule has 0 aromatic heterocycles. The van der Waals surface area contributed by atoms with Gasteiger partial charge in [-0.3, -0.25) is 0 Å². The molecular weight excluding hydrogens is 120 g/mol. The van der Waals surface area contributed by atoms with Crippen LogP contribution < -0.4 is 0 Å². The second-order valence-electron chi connectivity index (χ2n) is 1.58. The maximum atomic E-state index is 10.1. The van der Waals surface area contributed by atoms with Crippen LogP contribution in [0.5, 0.6) is 0 Å². The molecule has 0 amide bonds. The number of aliphatic carboxylic acids is 1. The Balaban J connectivity index is 2.68. The van der Waals surface area contributed by atoms with Gasteiger partial charge in [-0.1, -0.05) is 6.08 Å². The highest BCUT2D eigenvalue weighted by Crippen LogP contribution is 2.02. The SMILES string of the molecule is O=C(O)C1=CC=CCO1. The molecule has 3 nitrogen and oxygen atoms in total. The molecule has 0 fully saturated rings. The molecule has 0 aliphatic carbocycles. The lowest BCUT2D eigenvalue weighted by Gasteiger charge is -2.04. The number of allylic oxidation sites excluding steroid dienone is 2. The van der Waals surface area contributed by atoms with Gasteiger partial charge in [0, 0.05) is 0 Å². The molecule has 48 valence electrons. The largest absolute Gasteiger partial charge is 0.482 e. The molecular formula is C6H6O3. The summed E-state index contributed by atoms with van der Waals surface area (Å²) in [5.74, 6) is -1.00. The number of carboxylic acid groups (broad SMARTS) is 1. The maximum absolute atomic E-state index is 10.1. The van der Waals surface area contributed by atoms with E-state index in [1.54, 1.807) is 12.2 Å². The zero-order chi connectivity index (χ0) is 6.69. The Kier molecular flexibility index (Phi) is 1.53. The first-order chi connectivity index (χ1) is 4.30. The number of hydrogen-bond acceptors (Lipinski definition) is 2. The summed E-state index contributed by atoms with van der Waals surface area (Å²) in [6.07, 6.45) is 4.82. The van der Waals surface area contributed by atoms with Crippen LogP contribution in [0.15, 0.2) is 24.0 Å². The Morgan fingerprint density at radius 2 is 2.56 bits per heavy atom. The van der Waals surface area contributed by atoms with Crippen molar-refractivity contribution in [1.82, 2.24) is 0 Å². The van der Waals surface area contributed by atoms with Gasteiger partial charge >= 0.3 is 5.97 Å². The predicted molar refractivity (Wildman–Crippen MR) is 30.8 cm³/mol. The minimum atomic E-state index is -1.01. The van der Waals surface area contributed by atoms with Crippen molar-refractivity contribution in [1.29, 1.82) is 0 Å². The standard InChI is InChI=1S/C6H6O3/c7-6(8)5-3-1-2-4-9-5/h1-3H,4H2,(H,7,8). The quantitative estimate of drug-likeness (QED) is 0.557. The average Bonchev–Trinajstić information content (AvgIpc) is 1.90. The molecule has 0 unspecified atom stereocenters. The first kappa shape index (κ1) is 5.88. The highest BCUT2D eigenvalue weighted by atomic mass is 16.5. The van der Waals surface area contributed by atoms with Gasteiger partial charge in [0.2, 0.25) is 5.76 Å². The van der Waals surface area contributed by atoms with Crippen molar-refractivity contribution in [3.8, 4) is 0 Å². The van der Waals surface area contributed by atoms with Crippen LogP contribution in [-0.4, -0.2) is 17.7 Å². The maximum Gasteiger partial charge on any atom is 0.371 e. The van der Waals surface area contributed by atoms with Gasteiger partial charge < -0.3 is 9.84 Å². The lowest BCUT2D eigenvalue weighted by Crippen LogP contribution is -2.06. The van der Waals surface area contributed by atoms with E-state index in [1.807, 2.05) is 0 Å². The molecule has 0 spiro atoms. The zero-order valence-electron chi connectivity index (χ0n) is 4.70. The first-order valence-electron chi connectivity index (χ1n) is 2.53. The molecule has 3 heteroatoms. The Morgan fingerprint density at radius 1 is 1.78 bits per heavy atom. The molecule has 1 aliphatic heterocycles. The zero-order valence-corrected chi connectivity index (χ0v) is 4.70. The van der Waals surface area contributed by atoms with Crippen LogP contribution in [0, 0.1) is 0 Å². The molecule has 0 atom stereocenters. The Labute approximate surface area is 52.2 Å². The van der Waals surface area contributed by atoms with Gasteiger partial charge in [-0.25, -0.2) is 4.79 Å². The van der Waals surface area contributed by atoms with E-state index in [-0.39, 0.29) is 5.76 Å². The van der Waals surface area contributed by atoms with E-state index in [0.717, 1.165) is 0 Å². The Hall–Kier alpha value is -1.25. The van der Waals surface area contributed by atoms with Crippen LogP contribution in [0.1, 0.15) is 0 Å². The van der Waals surface area contributed by atoms with E-state index in [2.05, 4.69) is 0 Å². The second kappa shape index (κ2) is 2.35. The summed E-state index contributed by atoms with van der Waals surface area (Å²) in [5, 5.41) is 8.31. The van der Waals surface area contributed by atoms with Crippen molar-refractivity contribution in [3.63, 3.8) is 0 Å². The van der Waals surface area contributed by atoms with E-state index in [1.165, 1.54) is 6.08 Å². The third kappa shape index (κ3) is 1.32. The van der Waals surface area contributed by atoms with Gasteiger partial charge in [0.15, 0.2) is 0 Å². The Morgan fingerprint density at radius 3 is 2.89 bits per heavy atom. The predicted octanol–water partition coefficient (Wildman–Crippen LogP) is 0.541. The number of hydrogen-bond donors (Lipinski definition) is 1. The van der Waals surface area contributed by atoms with Crippen LogP contribution in [0.25, 0.3) is 0 Å². The summed E-state index contributed by atoms with van der Waals surface area (Å²) in [6.45, 7) is 0.359. The fraction of sp³-hybridized carbons (Fsp3) is 0.167. The molecule has 1 heterocycles. The number of ether oxygens (including phenoxy) is 1. The topological polar surface area (TPSA) is 46.5 Å². The van der Waals surface area contributed by atoms with E-state index >= 15 is 0 Å². The minimum Gasteiger partial charge on any atom is -0.482 e. The van der Waals surface area contributed by atoms with Crippen LogP contribution in [0.3, 0.4) is 0 Å². The molecule has 0 radical (unpaired) electrons. The monoisotopic (exact) mass is 126 g/mol. The third-order valence-electron chi connectivity index (χ3n) is 0.930. The van der Waals surface area contributed by atoms with Gasteiger partial charge in [0.25, 0.3) is 0 Å². The molecule has 0 saturated carbocycles. The lowest BCUT2D eigenvalue weighted by atomic mass is 10.3. The lowest BCUT2D eigenvalue weighted by molar-refractivity contribution is -0.136. The smallest absolute Gasteiger partial charge is 0.371 e. The summed E-state index contributed by atoms with van der Waals surface area (Å²) in [4.78, 5) is 10.1. The fourth-order valence-corrected chi connectivity index (χ4v) is 0.530. The number of rotatable bonds is 1. The second-order valence-corrected chi connectivity index (χ2v) is 1.58. The van der Waals surface area contributed by atoms with E-state index in [0.29, 0.717) is 6.61 Å². The first-order valence-corrected chi connectivity index (χ1v) is 2.53. The van der Waals surface area contributed by atoms with Crippen LogP contribution in [0.2, 0.25) is 0 Å². The molecule has 0 saturated heterocycles. The van der Waals surface area contributed by atoms with Crippen molar-refractivity contribution in [2.75, 3.05) is 6.61 Å². The summed E-state index contributed by atoms with van der Waals surface area (Å²) in [5.41, 5.74) is 0. The van der Waals surface area contributed by atoms with E-state index in [9.17, 15) is 4.79 Å². The van der Waals surface area contributed by atoms with Gasteiger partial charge in [-0.2, -0.15) is 0 Å². The van der Waals surface area contributed by atoms with Crippen molar-refractivity contribution in [2.45, 2.75) is 0 Å². The van der Waals surface area contributed by atoms with Crippen molar-refractivity contribution >= 4 is 5.97 Å². The number of carbonyl (C=O) groups is 1. The normalized spacial score (nSPS) is 16.2. The third-order valence-corrected chi connectivity index (χ3v) is 0.930. The van der Waals surface area contributed by atoms with Crippen molar-refractivity contribution < 1.29 is 14.6 Å². The average molecular weight is 126 g/mol. The van der Waals surface area contributed by atoms with Gasteiger partial charge in [-0.05, 0) is 12.2 Å². The summed E-state index contributed by atoms with van der Waals surface area (Å²) >= 11 is 0. The van der Waals surface area contributed by atoms with Crippen LogP contribution >= 0.6 is 0 Å². The van der Waals surface area contributed by atoms with Crippen molar-refractivity contribution in [3.05, 3.63) is 24.0 Å². The van der Waals surface area contributed by atoms with Crippen molar-refractivity contribution in [2.24, 2.45) is 0 Å². The van der Waals surface area contributed by atoms with Gasteiger partial charge in [0.1, 0.15) is 6.61 Å². The molecule has 0 aromatic rings. The van der Waals surface area contributed by atoms with Gasteiger partial charge in [0.05, 0.1) is 0 Å². The van der Waals surface area contributed by atoms with Crippen LogP contribution in [-0.2, 0) is 9.53 Å². The molecule has 9 heavy (non-hydrogen) atoms. The molecule has 0 aromatic carbocycles. The summed E-state index contributed by atoms with van der Waals surface area (Å²) in [7, 11) is 0. The Bertz CT molecular complexity index is 179. The molecule has 1 N–H and O–H groups in total. The molecule has 1 aliphatic rings. The summed E-state index contributed by atoms with van der Waals surface area (Å²) in [6, 6.07) is 0. The molecule has 1 rings (SSSR count). The van der Waals surface area contributed by atoms with E-state index < -0.39 is 5.97 Å². The number of carboxylic acids is 1. The highest BCUT2D eigenvalue weighted by Gasteiger charge is 2.07. The van der Waals surface area contributed by atoms with Crippen LogP contribution in [0.4, 0.5) is 0 Å². The van der Waals surface area contributed by atoms with E-state index in [4.69, 9.17) is 9.84 Å².